The summed E-state index contributed by atoms with van der Waals surface area (Å²) in [6.45, 7) is 9.56. The molecule has 212 valence electrons. The molecule has 41 heavy (non-hydrogen) atoms. The molecule has 3 aromatic rings. The van der Waals surface area contributed by atoms with Gasteiger partial charge in [0.2, 0.25) is 0 Å². The first-order valence-electron chi connectivity index (χ1n) is 13.7. The highest BCUT2D eigenvalue weighted by Gasteiger charge is 2.21. The summed E-state index contributed by atoms with van der Waals surface area (Å²) in [7, 11) is 0. The summed E-state index contributed by atoms with van der Waals surface area (Å²) in [6, 6.07) is 7.79. The first-order valence-corrected chi connectivity index (χ1v) is 13.7. The van der Waals surface area contributed by atoms with Crippen molar-refractivity contribution in [2.24, 2.45) is 0 Å². The van der Waals surface area contributed by atoms with Crippen molar-refractivity contribution < 1.29 is 24.9 Å². The molecule has 5 N–H and O–H groups in total. The summed E-state index contributed by atoms with van der Waals surface area (Å²) in [4.78, 5) is 39.7. The molecule has 0 saturated carbocycles. The number of carboxylic acids is 2. The van der Waals surface area contributed by atoms with E-state index in [1.54, 1.807) is 6.92 Å². The number of carboxylic acid groups (broad SMARTS) is 2. The Labute approximate surface area is 237 Å². The van der Waals surface area contributed by atoms with Gasteiger partial charge >= 0.3 is 11.9 Å². The summed E-state index contributed by atoms with van der Waals surface area (Å²) >= 11 is 0. The number of aryl methyl sites for hydroxylation is 3. The molecule has 0 aromatic carbocycles. The quantitative estimate of drug-likeness (QED) is 0.228. The lowest BCUT2D eigenvalue weighted by atomic mass is 10.00. The van der Waals surface area contributed by atoms with Crippen molar-refractivity contribution in [2.45, 2.75) is 66.4 Å². The van der Waals surface area contributed by atoms with Crippen LogP contribution in [0.3, 0.4) is 0 Å². The van der Waals surface area contributed by atoms with Crippen molar-refractivity contribution in [2.75, 3.05) is 0 Å². The number of fused-ring (bicyclic) bond motifs is 8. The minimum atomic E-state index is -0.893. The predicted octanol–water partition coefficient (Wildman–Crippen LogP) is 6.36. The Morgan fingerprint density at radius 2 is 1.56 bits per heavy atom. The number of nitrogens with one attached hydrogen (secondary N) is 2. The van der Waals surface area contributed by atoms with E-state index < -0.39 is 18.0 Å². The number of hydrogen-bond acceptors (Lipinski definition) is 5. The number of hydrogen-bond donors (Lipinski definition) is 5. The molecule has 9 heteroatoms. The van der Waals surface area contributed by atoms with E-state index in [1.165, 1.54) is 0 Å². The van der Waals surface area contributed by atoms with E-state index in [0.717, 1.165) is 61.2 Å². The molecule has 2 aliphatic heterocycles. The highest BCUT2D eigenvalue weighted by molar-refractivity contribution is 5.94. The second kappa shape index (κ2) is 10.8. The van der Waals surface area contributed by atoms with Crippen molar-refractivity contribution in [3.05, 3.63) is 69.3 Å². The average molecular weight is 555 g/mol. The monoisotopic (exact) mass is 554 g/mol. The van der Waals surface area contributed by atoms with Gasteiger partial charge in [0, 0.05) is 40.5 Å². The molecule has 0 amide bonds. The zero-order valence-electron chi connectivity index (χ0n) is 23.8. The van der Waals surface area contributed by atoms with Gasteiger partial charge < -0.3 is 25.3 Å². The molecule has 0 saturated heterocycles. The molecule has 1 atom stereocenters. The van der Waals surface area contributed by atoms with Crippen LogP contribution in [0, 0.1) is 13.8 Å². The third-order valence-corrected chi connectivity index (χ3v) is 7.87. The smallest absolute Gasteiger partial charge is 0.303 e. The van der Waals surface area contributed by atoms with Crippen molar-refractivity contribution >= 4 is 56.8 Å². The molecule has 0 spiro atoms. The fraction of sp³-hybridized carbons (Fsp3) is 0.312. The number of aliphatic hydroxyl groups excluding tert-OH is 1. The fourth-order valence-electron chi connectivity index (χ4n) is 5.66. The number of rotatable bonds is 7. The zero-order chi connectivity index (χ0) is 29.6. The number of allylic oxidation sites excluding steroid dienone is 3. The zero-order valence-corrected chi connectivity index (χ0v) is 23.8. The van der Waals surface area contributed by atoms with Crippen molar-refractivity contribution in [1.29, 1.82) is 0 Å². The van der Waals surface area contributed by atoms with E-state index in [-0.39, 0.29) is 12.8 Å². The van der Waals surface area contributed by atoms with E-state index in [4.69, 9.17) is 9.97 Å². The molecule has 0 fully saturated rings. The summed E-state index contributed by atoms with van der Waals surface area (Å²) in [5.41, 5.74) is 12.0. The van der Waals surface area contributed by atoms with Crippen molar-refractivity contribution in [1.82, 2.24) is 19.9 Å². The second-order valence-electron chi connectivity index (χ2n) is 10.8. The van der Waals surface area contributed by atoms with E-state index in [1.807, 2.05) is 58.0 Å². The number of aromatic nitrogens is 4. The standard InChI is InChI=1S/C32H34N4O5/c1-15-11-28-31(19(5)37)32-16(2)10-20(33-32)12-24-17(3)21(6-8-29(38)39)26(35-24)14-27-22(7-9-30(40)41)18(4)25(36-27)13-23(15)34-28/h10-14,19,33,35,37H,6-9H2,1-5H3,(H,38,39)(H,40,41). The molecule has 8 bridgehead atoms. The number of H-pyrrole nitrogens is 2. The van der Waals surface area contributed by atoms with Gasteiger partial charge in [-0.1, -0.05) is 0 Å². The van der Waals surface area contributed by atoms with Crippen LogP contribution in [0.2, 0.25) is 0 Å². The SMILES string of the molecule is CC1=Cc2nc1cc1nc(cc3[nH]c(cc4cc(C)c([nH]4)c2C(C)O)c(C)c3CCC(=O)O)C(CCC(=O)O)=C1C. The van der Waals surface area contributed by atoms with Gasteiger partial charge in [0.05, 0.1) is 28.9 Å². The van der Waals surface area contributed by atoms with Crippen LogP contribution in [-0.4, -0.2) is 47.2 Å². The van der Waals surface area contributed by atoms with Gasteiger partial charge in [0.25, 0.3) is 0 Å². The maximum Gasteiger partial charge on any atom is 0.303 e. The number of aliphatic carboxylic acids is 2. The van der Waals surface area contributed by atoms with Gasteiger partial charge in [-0.05, 0) is 111 Å². The Bertz CT molecular complexity index is 1820. The Kier molecular flexibility index (Phi) is 7.40. The van der Waals surface area contributed by atoms with Gasteiger partial charge in [0.1, 0.15) is 0 Å². The molecule has 0 aliphatic carbocycles. The maximum absolute atomic E-state index is 11.5. The molecule has 0 radical (unpaired) electrons. The third kappa shape index (κ3) is 5.45. The molecular formula is C32H34N4O5. The van der Waals surface area contributed by atoms with Gasteiger partial charge in [-0.2, -0.15) is 0 Å². The van der Waals surface area contributed by atoms with Gasteiger partial charge in [0.15, 0.2) is 0 Å². The molecule has 5 rings (SSSR count). The van der Waals surface area contributed by atoms with Crippen LogP contribution >= 0.6 is 0 Å². The number of carbonyl (C=O) groups is 2. The summed E-state index contributed by atoms with van der Waals surface area (Å²) in [6.07, 6.45) is 1.74. The van der Waals surface area contributed by atoms with E-state index in [2.05, 4.69) is 9.97 Å². The van der Waals surface area contributed by atoms with Gasteiger partial charge in [-0.25, -0.2) is 9.97 Å². The first-order chi connectivity index (χ1) is 19.4. The van der Waals surface area contributed by atoms with Crippen LogP contribution < -0.4 is 0 Å². The molecule has 9 nitrogen and oxygen atoms in total. The lowest BCUT2D eigenvalue weighted by molar-refractivity contribution is -0.137. The second-order valence-corrected chi connectivity index (χ2v) is 10.8. The first kappa shape index (κ1) is 28.0. The Balaban J connectivity index is 1.92. The van der Waals surface area contributed by atoms with E-state index in [0.29, 0.717) is 35.5 Å². The largest absolute Gasteiger partial charge is 0.481 e. The number of nitrogens with zero attached hydrogens (tertiary/aromatic N) is 2. The number of aliphatic hydroxyl groups is 1. The predicted molar refractivity (Wildman–Crippen MR) is 160 cm³/mol. The fourth-order valence-corrected chi connectivity index (χ4v) is 5.66. The Morgan fingerprint density at radius 3 is 2.24 bits per heavy atom. The van der Waals surface area contributed by atoms with Gasteiger partial charge in [-0.15, -0.1) is 0 Å². The minimum Gasteiger partial charge on any atom is -0.481 e. The van der Waals surface area contributed by atoms with Crippen LogP contribution in [-0.2, 0) is 16.0 Å². The van der Waals surface area contributed by atoms with Crippen LogP contribution in [0.25, 0.3) is 44.9 Å². The highest BCUT2D eigenvalue weighted by atomic mass is 16.4. The van der Waals surface area contributed by atoms with Crippen LogP contribution in [0.4, 0.5) is 0 Å². The topological polar surface area (TPSA) is 152 Å². The Hall–Kier alpha value is -4.50. The lowest BCUT2D eigenvalue weighted by Crippen LogP contribution is -1.98. The summed E-state index contributed by atoms with van der Waals surface area (Å²) in [5.74, 6) is -1.78. The summed E-state index contributed by atoms with van der Waals surface area (Å²) < 4.78 is 0. The molecule has 1 unspecified atom stereocenters. The molecule has 2 aliphatic rings. The number of aromatic amines is 2. The van der Waals surface area contributed by atoms with Crippen LogP contribution in [0.15, 0.2) is 24.3 Å². The van der Waals surface area contributed by atoms with Crippen molar-refractivity contribution in [3.63, 3.8) is 0 Å². The summed E-state index contributed by atoms with van der Waals surface area (Å²) in [5, 5.41) is 29.7. The van der Waals surface area contributed by atoms with Crippen LogP contribution in [0.1, 0.15) is 91.2 Å². The minimum absolute atomic E-state index is 0.0279. The van der Waals surface area contributed by atoms with E-state index >= 15 is 0 Å². The van der Waals surface area contributed by atoms with Crippen molar-refractivity contribution in [3.8, 4) is 0 Å². The van der Waals surface area contributed by atoms with Crippen LogP contribution in [0.5, 0.6) is 0 Å². The molecular weight excluding hydrogens is 520 g/mol. The highest BCUT2D eigenvalue weighted by Crippen LogP contribution is 2.36. The lowest BCUT2D eigenvalue weighted by Gasteiger charge is -2.07. The molecule has 5 heterocycles. The van der Waals surface area contributed by atoms with Gasteiger partial charge in [-0.3, -0.25) is 9.59 Å². The maximum atomic E-state index is 11.5. The molecule has 3 aromatic heterocycles. The average Bonchev–Trinajstić information content (AvgIpc) is 3.58. The third-order valence-electron chi connectivity index (χ3n) is 7.87. The normalized spacial score (nSPS) is 13.9. The van der Waals surface area contributed by atoms with E-state index in [9.17, 15) is 24.9 Å². The Morgan fingerprint density at radius 1 is 0.854 bits per heavy atom.